The van der Waals surface area contributed by atoms with Crippen molar-refractivity contribution in [2.45, 2.75) is 31.8 Å². The van der Waals surface area contributed by atoms with Crippen molar-refractivity contribution >= 4 is 0 Å². The first-order valence-corrected chi connectivity index (χ1v) is 5.46. The number of hydrogen-bond donors (Lipinski definition) is 1. The smallest absolute Gasteiger partial charge is 0.0774 e. The van der Waals surface area contributed by atoms with E-state index in [1.807, 2.05) is 12.1 Å². The summed E-state index contributed by atoms with van der Waals surface area (Å²) in [5.41, 5.74) is 0. The van der Waals surface area contributed by atoms with Gasteiger partial charge in [0.15, 0.2) is 0 Å². The summed E-state index contributed by atoms with van der Waals surface area (Å²) in [7, 11) is 3.68. The molecule has 0 spiro atoms. The number of ether oxygens (including phenoxy) is 1. The fourth-order valence-corrected chi connectivity index (χ4v) is 2.08. The Morgan fingerprint density at radius 3 is 2.50 bits per heavy atom. The average molecular weight is 201 g/mol. The summed E-state index contributed by atoms with van der Waals surface area (Å²) in [5.74, 6) is 5.84. The molecule has 4 nitrogen and oxygen atoms in total. The summed E-state index contributed by atoms with van der Waals surface area (Å²) < 4.78 is 5.10. The topological polar surface area (TPSA) is 41.7 Å². The molecule has 1 heterocycles. The van der Waals surface area contributed by atoms with Crippen LogP contribution in [0.2, 0.25) is 0 Å². The summed E-state index contributed by atoms with van der Waals surface area (Å²) in [6.45, 7) is 3.13. The minimum Gasteiger partial charge on any atom is -0.385 e. The molecule has 1 aliphatic rings. The first kappa shape index (κ1) is 11.9. The lowest BCUT2D eigenvalue weighted by Crippen LogP contribution is -2.52. The van der Waals surface area contributed by atoms with Crippen molar-refractivity contribution < 1.29 is 4.74 Å². The van der Waals surface area contributed by atoms with Gasteiger partial charge in [-0.3, -0.25) is 10.7 Å². The van der Waals surface area contributed by atoms with Gasteiger partial charge in [0.2, 0.25) is 0 Å². The van der Waals surface area contributed by atoms with Crippen LogP contribution in [0.25, 0.3) is 0 Å². The van der Waals surface area contributed by atoms with Crippen LogP contribution in [0.15, 0.2) is 0 Å². The molecule has 1 atom stereocenters. The maximum absolute atomic E-state index is 5.84. The van der Waals surface area contributed by atoms with Crippen LogP contribution in [0, 0.1) is 0 Å². The average Bonchev–Trinajstić information content (AvgIpc) is 2.19. The van der Waals surface area contributed by atoms with Crippen molar-refractivity contribution in [2.75, 3.05) is 33.9 Å². The number of nitrogens with two attached hydrogens (primary N) is 1. The summed E-state index contributed by atoms with van der Waals surface area (Å²) in [6, 6.07) is 0. The summed E-state index contributed by atoms with van der Waals surface area (Å²) in [5, 5.41) is 1.81. The van der Waals surface area contributed by atoms with Gasteiger partial charge < -0.3 is 4.74 Å². The zero-order chi connectivity index (χ0) is 10.4. The molecule has 2 N–H and O–H groups in total. The minimum atomic E-state index is 0.343. The number of hydrogen-bond acceptors (Lipinski definition) is 4. The Labute approximate surface area is 87.0 Å². The molecular weight excluding hydrogens is 178 g/mol. The third-order valence-corrected chi connectivity index (χ3v) is 2.86. The summed E-state index contributed by atoms with van der Waals surface area (Å²) >= 11 is 0. The van der Waals surface area contributed by atoms with E-state index in [-0.39, 0.29) is 0 Å². The normalized spacial score (nSPS) is 21.4. The predicted molar refractivity (Wildman–Crippen MR) is 57.7 cm³/mol. The molecule has 1 fully saturated rings. The number of nitrogens with zero attached hydrogens (tertiary/aromatic N) is 2. The van der Waals surface area contributed by atoms with Gasteiger partial charge in [0.05, 0.1) is 6.17 Å². The van der Waals surface area contributed by atoms with E-state index in [1.54, 1.807) is 7.11 Å². The van der Waals surface area contributed by atoms with E-state index in [0.29, 0.717) is 6.17 Å². The van der Waals surface area contributed by atoms with E-state index in [2.05, 4.69) is 4.90 Å². The van der Waals surface area contributed by atoms with E-state index in [9.17, 15) is 0 Å². The van der Waals surface area contributed by atoms with Crippen molar-refractivity contribution in [3.8, 4) is 0 Å². The number of likely N-dealkylation sites (tertiary alicyclic amines) is 1. The molecule has 1 unspecified atom stereocenters. The van der Waals surface area contributed by atoms with Gasteiger partial charge in [-0.15, -0.1) is 0 Å². The Balaban J connectivity index is 2.39. The van der Waals surface area contributed by atoms with Crippen molar-refractivity contribution in [1.29, 1.82) is 0 Å². The van der Waals surface area contributed by atoms with Gasteiger partial charge in [0.1, 0.15) is 0 Å². The van der Waals surface area contributed by atoms with Crippen LogP contribution in [-0.2, 0) is 4.74 Å². The molecule has 1 aliphatic heterocycles. The lowest BCUT2D eigenvalue weighted by molar-refractivity contribution is 0.0217. The zero-order valence-electron chi connectivity index (χ0n) is 9.41. The highest BCUT2D eigenvalue weighted by Crippen LogP contribution is 2.14. The number of rotatable bonds is 5. The van der Waals surface area contributed by atoms with Crippen molar-refractivity contribution in [2.24, 2.45) is 5.84 Å². The fourth-order valence-electron chi connectivity index (χ4n) is 2.08. The minimum absolute atomic E-state index is 0.343. The molecular formula is C10H23N3O. The Hall–Kier alpha value is -0.160. The van der Waals surface area contributed by atoms with Gasteiger partial charge in [-0.2, -0.15) is 0 Å². The van der Waals surface area contributed by atoms with E-state index in [4.69, 9.17) is 10.6 Å². The third-order valence-electron chi connectivity index (χ3n) is 2.86. The van der Waals surface area contributed by atoms with Gasteiger partial charge in [0, 0.05) is 27.2 Å². The second-order valence-corrected chi connectivity index (χ2v) is 4.02. The van der Waals surface area contributed by atoms with Gasteiger partial charge >= 0.3 is 0 Å². The van der Waals surface area contributed by atoms with Crippen molar-refractivity contribution in [3.63, 3.8) is 0 Å². The first-order chi connectivity index (χ1) is 6.75. The van der Waals surface area contributed by atoms with Crippen LogP contribution < -0.4 is 5.84 Å². The molecule has 0 aromatic rings. The molecule has 1 saturated heterocycles. The van der Waals surface area contributed by atoms with E-state index >= 15 is 0 Å². The van der Waals surface area contributed by atoms with Crippen LogP contribution in [-0.4, -0.2) is 49.9 Å². The van der Waals surface area contributed by atoms with E-state index in [0.717, 1.165) is 13.0 Å². The predicted octanol–water partition coefficient (Wildman–Crippen LogP) is 0.640. The lowest BCUT2D eigenvalue weighted by atomic mass is 10.1. The fraction of sp³-hybridized carbons (Fsp3) is 1.00. The van der Waals surface area contributed by atoms with Crippen LogP contribution in [0.3, 0.4) is 0 Å². The number of piperidine rings is 1. The molecule has 0 aromatic heterocycles. The standard InChI is InChI=1S/C10H23N3O/c1-12(11)10(6-9-14-2)13-7-4-3-5-8-13/h10H,3-9,11H2,1-2H3. The summed E-state index contributed by atoms with van der Waals surface area (Å²) in [6.07, 6.45) is 5.30. The van der Waals surface area contributed by atoms with Crippen LogP contribution in [0.5, 0.6) is 0 Å². The molecule has 84 valence electrons. The Morgan fingerprint density at radius 2 is 2.00 bits per heavy atom. The molecule has 0 amide bonds. The maximum Gasteiger partial charge on any atom is 0.0774 e. The third kappa shape index (κ3) is 3.53. The van der Waals surface area contributed by atoms with Gasteiger partial charge in [-0.25, -0.2) is 5.01 Å². The van der Waals surface area contributed by atoms with Crippen LogP contribution in [0.1, 0.15) is 25.7 Å². The Kier molecular flexibility index (Phi) is 5.40. The van der Waals surface area contributed by atoms with Crippen LogP contribution >= 0.6 is 0 Å². The number of hydrazine groups is 1. The Bertz CT molecular complexity index is 146. The van der Waals surface area contributed by atoms with Gasteiger partial charge in [0.25, 0.3) is 0 Å². The second kappa shape index (κ2) is 6.35. The molecule has 0 aromatic carbocycles. The molecule has 0 radical (unpaired) electrons. The largest absolute Gasteiger partial charge is 0.385 e. The molecule has 0 aliphatic carbocycles. The summed E-state index contributed by atoms with van der Waals surface area (Å²) in [4.78, 5) is 2.46. The lowest BCUT2D eigenvalue weighted by Gasteiger charge is -2.37. The quantitative estimate of drug-likeness (QED) is 0.523. The molecule has 14 heavy (non-hydrogen) atoms. The molecule has 4 heteroatoms. The molecule has 0 saturated carbocycles. The van der Waals surface area contributed by atoms with Gasteiger partial charge in [-0.05, 0) is 25.9 Å². The monoisotopic (exact) mass is 201 g/mol. The highest BCUT2D eigenvalue weighted by Gasteiger charge is 2.22. The second-order valence-electron chi connectivity index (χ2n) is 4.02. The maximum atomic E-state index is 5.84. The van der Waals surface area contributed by atoms with Gasteiger partial charge in [-0.1, -0.05) is 6.42 Å². The van der Waals surface area contributed by atoms with E-state index in [1.165, 1.54) is 32.4 Å². The van der Waals surface area contributed by atoms with Crippen molar-refractivity contribution in [1.82, 2.24) is 9.91 Å². The first-order valence-electron chi connectivity index (χ1n) is 5.46. The highest BCUT2D eigenvalue weighted by atomic mass is 16.5. The Morgan fingerprint density at radius 1 is 1.36 bits per heavy atom. The highest BCUT2D eigenvalue weighted by molar-refractivity contribution is 4.72. The number of methoxy groups -OCH3 is 1. The molecule has 1 rings (SSSR count). The van der Waals surface area contributed by atoms with Crippen molar-refractivity contribution in [3.05, 3.63) is 0 Å². The zero-order valence-corrected chi connectivity index (χ0v) is 9.41. The SMILES string of the molecule is COCCC(N(C)N)N1CCCCC1. The van der Waals surface area contributed by atoms with E-state index < -0.39 is 0 Å². The molecule has 0 bridgehead atoms. The van der Waals surface area contributed by atoms with Crippen LogP contribution in [0.4, 0.5) is 0 Å².